The fourth-order valence-electron chi connectivity index (χ4n) is 2.54. The van der Waals surface area contributed by atoms with Gasteiger partial charge in [-0.3, -0.25) is 0 Å². The summed E-state index contributed by atoms with van der Waals surface area (Å²) in [6.07, 6.45) is 5.27. The Hall–Kier alpha value is -0.820. The number of nitrogens with one attached hydrogen (secondary N) is 1. The van der Waals surface area contributed by atoms with E-state index in [1.54, 1.807) is 0 Å². The highest BCUT2D eigenvalue weighted by atomic mass is 14.9. The van der Waals surface area contributed by atoms with Gasteiger partial charge in [-0.25, -0.2) is 0 Å². The zero-order chi connectivity index (χ0) is 10.5. The van der Waals surface area contributed by atoms with Gasteiger partial charge in [0.25, 0.3) is 0 Å². The minimum atomic E-state index is 0.759. The van der Waals surface area contributed by atoms with Crippen molar-refractivity contribution in [1.29, 1.82) is 0 Å². The van der Waals surface area contributed by atoms with Gasteiger partial charge in [0.15, 0.2) is 0 Å². The van der Waals surface area contributed by atoms with Crippen LogP contribution in [0.2, 0.25) is 0 Å². The summed E-state index contributed by atoms with van der Waals surface area (Å²) >= 11 is 0. The third-order valence-electron chi connectivity index (χ3n) is 3.39. The highest BCUT2D eigenvalue weighted by Gasteiger charge is 2.24. The second-order valence-corrected chi connectivity index (χ2v) is 4.57. The lowest BCUT2D eigenvalue weighted by atomic mass is 9.98. The van der Waals surface area contributed by atoms with E-state index in [4.69, 9.17) is 0 Å². The summed E-state index contributed by atoms with van der Waals surface area (Å²) in [5, 5.41) is 3.63. The summed E-state index contributed by atoms with van der Waals surface area (Å²) in [4.78, 5) is 0. The van der Waals surface area contributed by atoms with Crippen molar-refractivity contribution in [3.05, 3.63) is 35.9 Å². The largest absolute Gasteiger partial charge is 0.314 e. The van der Waals surface area contributed by atoms with Gasteiger partial charge in [-0.2, -0.15) is 0 Å². The van der Waals surface area contributed by atoms with Crippen molar-refractivity contribution in [2.24, 2.45) is 0 Å². The summed E-state index contributed by atoms with van der Waals surface area (Å²) in [6, 6.07) is 11.7. The molecule has 1 aliphatic carbocycles. The van der Waals surface area contributed by atoms with Crippen molar-refractivity contribution in [2.75, 3.05) is 6.54 Å². The van der Waals surface area contributed by atoms with Crippen LogP contribution in [0.15, 0.2) is 30.3 Å². The van der Waals surface area contributed by atoms with Gasteiger partial charge in [0.1, 0.15) is 0 Å². The maximum Gasteiger partial charge on any atom is 0.00730 e. The maximum atomic E-state index is 3.63. The zero-order valence-corrected chi connectivity index (χ0v) is 9.58. The van der Waals surface area contributed by atoms with Crippen molar-refractivity contribution < 1.29 is 0 Å². The van der Waals surface area contributed by atoms with E-state index < -0.39 is 0 Å². The fourth-order valence-corrected chi connectivity index (χ4v) is 2.54. The standard InChI is InChI=1S/C14H21N/c1-2-10-15-14-9-8-13(11-14)12-6-4-3-5-7-12/h3-7,13-15H,2,8-11H2,1H3. The predicted molar refractivity (Wildman–Crippen MR) is 65.1 cm³/mol. The van der Waals surface area contributed by atoms with Crippen LogP contribution in [0.25, 0.3) is 0 Å². The first-order valence-electron chi connectivity index (χ1n) is 6.18. The lowest BCUT2D eigenvalue weighted by Crippen LogP contribution is -2.26. The van der Waals surface area contributed by atoms with Crippen molar-refractivity contribution in [3.63, 3.8) is 0 Å². The van der Waals surface area contributed by atoms with Crippen LogP contribution < -0.4 is 5.32 Å². The molecular weight excluding hydrogens is 182 g/mol. The van der Waals surface area contributed by atoms with Gasteiger partial charge in [0.05, 0.1) is 0 Å². The molecular formula is C14H21N. The maximum absolute atomic E-state index is 3.63. The highest BCUT2D eigenvalue weighted by molar-refractivity contribution is 5.20. The zero-order valence-electron chi connectivity index (χ0n) is 9.58. The number of hydrogen-bond donors (Lipinski definition) is 1. The van der Waals surface area contributed by atoms with Crippen LogP contribution in [0.5, 0.6) is 0 Å². The molecule has 15 heavy (non-hydrogen) atoms. The second-order valence-electron chi connectivity index (χ2n) is 4.57. The molecule has 1 N–H and O–H groups in total. The summed E-state index contributed by atoms with van der Waals surface area (Å²) < 4.78 is 0. The Morgan fingerprint density at radius 3 is 2.73 bits per heavy atom. The molecule has 0 bridgehead atoms. The van der Waals surface area contributed by atoms with E-state index >= 15 is 0 Å². The molecule has 0 heterocycles. The van der Waals surface area contributed by atoms with Crippen LogP contribution in [0.1, 0.15) is 44.1 Å². The van der Waals surface area contributed by atoms with Gasteiger partial charge >= 0.3 is 0 Å². The predicted octanol–water partition coefficient (Wildman–Crippen LogP) is 3.32. The third kappa shape index (κ3) is 2.82. The van der Waals surface area contributed by atoms with E-state index in [0.29, 0.717) is 0 Å². The van der Waals surface area contributed by atoms with Crippen LogP contribution in [-0.2, 0) is 0 Å². The van der Waals surface area contributed by atoms with E-state index in [1.165, 1.54) is 37.8 Å². The molecule has 0 radical (unpaired) electrons. The van der Waals surface area contributed by atoms with E-state index in [-0.39, 0.29) is 0 Å². The minimum absolute atomic E-state index is 0.759. The topological polar surface area (TPSA) is 12.0 Å². The first kappa shape index (κ1) is 10.7. The quantitative estimate of drug-likeness (QED) is 0.791. The van der Waals surface area contributed by atoms with Crippen molar-refractivity contribution in [2.45, 2.75) is 44.6 Å². The van der Waals surface area contributed by atoms with Crippen LogP contribution in [0.3, 0.4) is 0 Å². The number of rotatable bonds is 4. The first-order chi connectivity index (χ1) is 7.40. The molecule has 0 saturated heterocycles. The molecule has 1 nitrogen and oxygen atoms in total. The van der Waals surface area contributed by atoms with Gasteiger partial charge in [-0.15, -0.1) is 0 Å². The first-order valence-corrected chi connectivity index (χ1v) is 6.18. The van der Waals surface area contributed by atoms with Gasteiger partial charge in [0, 0.05) is 6.04 Å². The number of hydrogen-bond acceptors (Lipinski definition) is 1. The lowest BCUT2D eigenvalue weighted by molar-refractivity contribution is 0.517. The van der Waals surface area contributed by atoms with Gasteiger partial charge in [0.2, 0.25) is 0 Å². The van der Waals surface area contributed by atoms with E-state index in [2.05, 4.69) is 42.6 Å². The Labute approximate surface area is 92.9 Å². The minimum Gasteiger partial charge on any atom is -0.314 e. The Balaban J connectivity index is 1.87. The molecule has 1 aliphatic rings. The van der Waals surface area contributed by atoms with E-state index in [0.717, 1.165) is 12.0 Å². The Morgan fingerprint density at radius 1 is 1.20 bits per heavy atom. The molecule has 2 unspecified atom stereocenters. The molecule has 1 fully saturated rings. The normalized spacial score (nSPS) is 25.7. The Kier molecular flexibility index (Phi) is 3.79. The molecule has 2 rings (SSSR count). The molecule has 0 aromatic heterocycles. The molecule has 0 aliphatic heterocycles. The van der Waals surface area contributed by atoms with E-state index in [1.807, 2.05) is 0 Å². The van der Waals surface area contributed by atoms with E-state index in [9.17, 15) is 0 Å². The summed E-state index contributed by atoms with van der Waals surface area (Å²) in [6.45, 7) is 3.41. The third-order valence-corrected chi connectivity index (χ3v) is 3.39. The molecule has 0 amide bonds. The average Bonchev–Trinajstić information content (AvgIpc) is 2.76. The summed E-state index contributed by atoms with van der Waals surface area (Å²) in [7, 11) is 0. The van der Waals surface area contributed by atoms with Gasteiger partial charge < -0.3 is 5.32 Å². The van der Waals surface area contributed by atoms with Crippen LogP contribution in [-0.4, -0.2) is 12.6 Å². The van der Waals surface area contributed by atoms with Crippen molar-refractivity contribution >= 4 is 0 Å². The summed E-state index contributed by atoms with van der Waals surface area (Å²) in [5.74, 6) is 0.792. The Morgan fingerprint density at radius 2 is 2.00 bits per heavy atom. The van der Waals surface area contributed by atoms with Gasteiger partial charge in [-0.1, -0.05) is 37.3 Å². The highest BCUT2D eigenvalue weighted by Crippen LogP contribution is 2.34. The molecule has 1 aromatic carbocycles. The molecule has 2 atom stereocenters. The fraction of sp³-hybridized carbons (Fsp3) is 0.571. The SMILES string of the molecule is CCCNC1CCC(c2ccccc2)C1. The average molecular weight is 203 g/mol. The lowest BCUT2D eigenvalue weighted by Gasteiger charge is -2.12. The molecule has 1 heteroatoms. The van der Waals surface area contributed by atoms with Crippen LogP contribution in [0, 0.1) is 0 Å². The second kappa shape index (κ2) is 5.32. The Bertz CT molecular complexity index is 281. The molecule has 0 spiro atoms. The van der Waals surface area contributed by atoms with Gasteiger partial charge in [-0.05, 0) is 43.7 Å². The monoisotopic (exact) mass is 203 g/mol. The van der Waals surface area contributed by atoms with Crippen molar-refractivity contribution in [1.82, 2.24) is 5.32 Å². The summed E-state index contributed by atoms with van der Waals surface area (Å²) in [5.41, 5.74) is 1.53. The molecule has 1 saturated carbocycles. The molecule has 1 aromatic rings. The molecule has 82 valence electrons. The van der Waals surface area contributed by atoms with Crippen LogP contribution >= 0.6 is 0 Å². The van der Waals surface area contributed by atoms with Crippen molar-refractivity contribution in [3.8, 4) is 0 Å². The van der Waals surface area contributed by atoms with Crippen LogP contribution in [0.4, 0.5) is 0 Å². The number of benzene rings is 1. The smallest absolute Gasteiger partial charge is 0.00730 e.